The van der Waals surface area contributed by atoms with Crippen LogP contribution in [0.15, 0.2) is 29.2 Å². The van der Waals surface area contributed by atoms with Crippen LogP contribution in [0.25, 0.3) is 0 Å². The molecule has 1 aromatic rings. The summed E-state index contributed by atoms with van der Waals surface area (Å²) in [6.45, 7) is 13.0. The second kappa shape index (κ2) is 7.11. The molecule has 0 unspecified atom stereocenters. The molecule has 1 fully saturated rings. The number of piperazine rings is 1. The third kappa shape index (κ3) is 4.09. The molecule has 0 spiro atoms. The Balaban J connectivity index is 2.03. The Morgan fingerprint density at radius 2 is 1.68 bits per heavy atom. The zero-order chi connectivity index (χ0) is 16.3. The van der Waals surface area contributed by atoms with Gasteiger partial charge in [0, 0.05) is 38.8 Å². The van der Waals surface area contributed by atoms with Gasteiger partial charge < -0.3 is 0 Å². The first-order valence-corrected chi connectivity index (χ1v) is 9.64. The lowest BCUT2D eigenvalue weighted by molar-refractivity contribution is 0.104. The van der Waals surface area contributed by atoms with Crippen LogP contribution in [-0.4, -0.2) is 55.7 Å². The molecule has 0 saturated carbocycles. The fourth-order valence-corrected chi connectivity index (χ4v) is 3.92. The van der Waals surface area contributed by atoms with E-state index in [0.29, 0.717) is 10.9 Å². The van der Waals surface area contributed by atoms with Gasteiger partial charge >= 0.3 is 0 Å². The molecular weight excluding hydrogens is 296 g/mol. The highest BCUT2D eigenvalue weighted by Crippen LogP contribution is 2.19. The largest absolute Gasteiger partial charge is 0.298 e. The van der Waals surface area contributed by atoms with Gasteiger partial charge in [-0.15, -0.1) is 0 Å². The second-order valence-corrected chi connectivity index (χ2v) is 9.15. The minimum Gasteiger partial charge on any atom is -0.298 e. The average Bonchev–Trinajstić information content (AvgIpc) is 2.48. The number of rotatable bonds is 5. The molecule has 124 valence electrons. The molecule has 0 amide bonds. The molecular formula is C17H28N2O2S. The quantitative estimate of drug-likeness (QED) is 0.834. The fraction of sp³-hybridized carbons (Fsp3) is 0.647. The summed E-state index contributed by atoms with van der Waals surface area (Å²) >= 11 is 0. The molecule has 0 aliphatic carbocycles. The third-order valence-electron chi connectivity index (χ3n) is 4.39. The van der Waals surface area contributed by atoms with Gasteiger partial charge in [0.15, 0.2) is 9.84 Å². The molecule has 4 nitrogen and oxygen atoms in total. The Bertz CT molecular complexity index is 588. The van der Waals surface area contributed by atoms with Gasteiger partial charge in [-0.3, -0.25) is 9.80 Å². The molecule has 1 saturated heterocycles. The maximum absolute atomic E-state index is 12.3. The van der Waals surface area contributed by atoms with E-state index in [1.54, 1.807) is 19.9 Å². The highest BCUT2D eigenvalue weighted by molar-refractivity contribution is 7.92. The van der Waals surface area contributed by atoms with E-state index in [1.165, 1.54) is 0 Å². The summed E-state index contributed by atoms with van der Waals surface area (Å²) in [6, 6.07) is 8.02. The minimum atomic E-state index is -3.19. The van der Waals surface area contributed by atoms with Crippen LogP contribution in [0.4, 0.5) is 0 Å². The average molecular weight is 324 g/mol. The fourth-order valence-electron chi connectivity index (χ4n) is 2.79. The SMILES string of the molecule is CC(C)N1CCN(Cc2cccc(S(=O)(=O)C(C)C)c2)CC1. The Labute approximate surface area is 135 Å². The smallest absolute Gasteiger partial charge is 0.180 e. The number of nitrogens with zero attached hydrogens (tertiary/aromatic N) is 2. The van der Waals surface area contributed by atoms with Crippen molar-refractivity contribution in [3.8, 4) is 0 Å². The first-order chi connectivity index (χ1) is 10.3. The zero-order valence-corrected chi connectivity index (χ0v) is 14.9. The van der Waals surface area contributed by atoms with Crippen molar-refractivity contribution in [1.29, 1.82) is 0 Å². The van der Waals surface area contributed by atoms with Crippen molar-refractivity contribution < 1.29 is 8.42 Å². The van der Waals surface area contributed by atoms with Crippen molar-refractivity contribution in [2.24, 2.45) is 0 Å². The molecule has 0 aromatic heterocycles. The second-order valence-electron chi connectivity index (χ2n) is 6.65. The molecule has 5 heteroatoms. The summed E-state index contributed by atoms with van der Waals surface area (Å²) in [5.41, 5.74) is 1.08. The Hall–Kier alpha value is -0.910. The highest BCUT2D eigenvalue weighted by atomic mass is 32.2. The standard InChI is InChI=1S/C17H28N2O2S/c1-14(2)19-10-8-18(9-11-19)13-16-6-5-7-17(12-16)22(20,21)15(3)4/h5-7,12,14-15H,8-11,13H2,1-4H3. The molecule has 1 aromatic carbocycles. The molecule has 0 N–H and O–H groups in total. The molecule has 0 atom stereocenters. The molecule has 1 aliphatic heterocycles. The first kappa shape index (κ1) is 17.4. The maximum atomic E-state index is 12.3. The van der Waals surface area contributed by atoms with Gasteiger partial charge in [0.25, 0.3) is 0 Å². The summed E-state index contributed by atoms with van der Waals surface area (Å²) in [7, 11) is -3.19. The lowest BCUT2D eigenvalue weighted by atomic mass is 10.2. The predicted octanol–water partition coefficient (Wildman–Crippen LogP) is 2.39. The van der Waals surface area contributed by atoms with Gasteiger partial charge in [-0.05, 0) is 45.4 Å². The minimum absolute atomic E-state index is 0.377. The third-order valence-corrected chi connectivity index (χ3v) is 6.54. The van der Waals surface area contributed by atoms with Gasteiger partial charge in [0.05, 0.1) is 10.1 Å². The molecule has 0 bridgehead atoms. The molecule has 2 rings (SSSR count). The Morgan fingerprint density at radius 1 is 1.05 bits per heavy atom. The summed E-state index contributed by atoms with van der Waals surface area (Å²) in [6.07, 6.45) is 0. The first-order valence-electron chi connectivity index (χ1n) is 8.10. The van der Waals surface area contributed by atoms with Crippen LogP contribution in [0, 0.1) is 0 Å². The van der Waals surface area contributed by atoms with E-state index >= 15 is 0 Å². The van der Waals surface area contributed by atoms with E-state index in [0.717, 1.165) is 38.3 Å². The van der Waals surface area contributed by atoms with Gasteiger partial charge in [-0.25, -0.2) is 8.42 Å². The van der Waals surface area contributed by atoms with E-state index in [1.807, 2.05) is 18.2 Å². The maximum Gasteiger partial charge on any atom is 0.180 e. The zero-order valence-electron chi connectivity index (χ0n) is 14.1. The van der Waals surface area contributed by atoms with Gasteiger partial charge in [0.1, 0.15) is 0 Å². The number of hydrogen-bond acceptors (Lipinski definition) is 4. The van der Waals surface area contributed by atoms with E-state index < -0.39 is 9.84 Å². The van der Waals surface area contributed by atoms with E-state index in [9.17, 15) is 8.42 Å². The summed E-state index contributed by atoms with van der Waals surface area (Å²) in [5.74, 6) is 0. The molecule has 1 aliphatic rings. The number of sulfone groups is 1. The van der Waals surface area contributed by atoms with Crippen LogP contribution in [0.1, 0.15) is 33.3 Å². The van der Waals surface area contributed by atoms with Crippen LogP contribution in [-0.2, 0) is 16.4 Å². The van der Waals surface area contributed by atoms with Crippen molar-refractivity contribution in [2.75, 3.05) is 26.2 Å². The van der Waals surface area contributed by atoms with Crippen LogP contribution >= 0.6 is 0 Å². The number of hydrogen-bond donors (Lipinski definition) is 0. The van der Waals surface area contributed by atoms with Crippen molar-refractivity contribution in [1.82, 2.24) is 9.80 Å². The summed E-state index contributed by atoms with van der Waals surface area (Å²) in [4.78, 5) is 5.33. The van der Waals surface area contributed by atoms with Crippen LogP contribution in [0.5, 0.6) is 0 Å². The summed E-state index contributed by atoms with van der Waals surface area (Å²) in [5, 5.41) is -0.377. The number of benzene rings is 1. The van der Waals surface area contributed by atoms with Gasteiger partial charge in [-0.2, -0.15) is 0 Å². The predicted molar refractivity (Wildman–Crippen MR) is 90.7 cm³/mol. The normalized spacial score (nSPS) is 18.3. The van der Waals surface area contributed by atoms with Gasteiger partial charge in [0.2, 0.25) is 0 Å². The van der Waals surface area contributed by atoms with E-state index in [-0.39, 0.29) is 5.25 Å². The Morgan fingerprint density at radius 3 is 2.23 bits per heavy atom. The lowest BCUT2D eigenvalue weighted by Gasteiger charge is -2.37. The van der Waals surface area contributed by atoms with Crippen molar-refractivity contribution in [3.63, 3.8) is 0 Å². The molecule has 22 heavy (non-hydrogen) atoms. The lowest BCUT2D eigenvalue weighted by Crippen LogP contribution is -2.48. The molecule has 1 heterocycles. The topological polar surface area (TPSA) is 40.6 Å². The van der Waals surface area contributed by atoms with Crippen molar-refractivity contribution in [3.05, 3.63) is 29.8 Å². The van der Waals surface area contributed by atoms with Crippen LogP contribution in [0.2, 0.25) is 0 Å². The van der Waals surface area contributed by atoms with E-state index in [2.05, 4.69) is 23.6 Å². The summed E-state index contributed by atoms with van der Waals surface area (Å²) < 4.78 is 24.5. The van der Waals surface area contributed by atoms with Crippen molar-refractivity contribution in [2.45, 2.75) is 50.4 Å². The molecule has 0 radical (unpaired) electrons. The van der Waals surface area contributed by atoms with Crippen molar-refractivity contribution >= 4 is 9.84 Å². The monoisotopic (exact) mass is 324 g/mol. The Kier molecular flexibility index (Phi) is 5.64. The van der Waals surface area contributed by atoms with Crippen LogP contribution in [0.3, 0.4) is 0 Å². The highest BCUT2D eigenvalue weighted by Gasteiger charge is 2.21. The van der Waals surface area contributed by atoms with E-state index in [4.69, 9.17) is 0 Å². The van der Waals surface area contributed by atoms with Gasteiger partial charge in [-0.1, -0.05) is 12.1 Å². The van der Waals surface area contributed by atoms with Crippen LogP contribution < -0.4 is 0 Å².